The monoisotopic (exact) mass is 566 g/mol. The molecule has 2 aromatic heterocycles. The van der Waals surface area contributed by atoms with Gasteiger partial charge in [0.15, 0.2) is 11.6 Å². The number of anilines is 1. The predicted octanol–water partition coefficient (Wildman–Crippen LogP) is 5.06. The standard InChI is InChI=1S/C29H29F3N6O3/c1-40-21-7-5-19(6-8-21)18-38-25(28-33-23-10-9-22(16-24(23)34-28)41-29(30,31)32)17-26(35-38)37-13-3-2-4-27(37)36-14-11-20(39)12-15-36/h2-10,16-17,20,39H,11-15,18H2,1H3,(H,33,34). The molecule has 4 aromatic rings. The number of nitrogens with zero attached hydrogens (tertiary/aromatic N) is 5. The maximum atomic E-state index is 12.8. The fourth-order valence-electron chi connectivity index (χ4n) is 5.14. The minimum Gasteiger partial charge on any atom is -0.497 e. The van der Waals surface area contributed by atoms with E-state index >= 15 is 0 Å². The average molecular weight is 567 g/mol. The topological polar surface area (TPSA) is 91.7 Å². The number of halogens is 3. The molecule has 0 aliphatic carbocycles. The summed E-state index contributed by atoms with van der Waals surface area (Å²) in [5, 5.41) is 15.0. The van der Waals surface area contributed by atoms with Crippen LogP contribution >= 0.6 is 0 Å². The third-order valence-corrected chi connectivity index (χ3v) is 7.20. The quantitative estimate of drug-likeness (QED) is 0.323. The van der Waals surface area contributed by atoms with Crippen molar-refractivity contribution in [1.82, 2.24) is 24.6 Å². The first kappa shape index (κ1) is 26.8. The number of nitrogens with one attached hydrogen (secondary N) is 1. The number of aliphatic hydroxyl groups is 1. The Kier molecular flexibility index (Phi) is 7.08. The van der Waals surface area contributed by atoms with Crippen LogP contribution < -0.4 is 14.4 Å². The molecule has 1 saturated heterocycles. The molecule has 0 radical (unpaired) electrons. The van der Waals surface area contributed by atoms with Gasteiger partial charge in [0.05, 0.1) is 30.8 Å². The van der Waals surface area contributed by atoms with Crippen LogP contribution in [0.3, 0.4) is 0 Å². The lowest BCUT2D eigenvalue weighted by molar-refractivity contribution is -0.274. The van der Waals surface area contributed by atoms with Crippen LogP contribution in [0.4, 0.5) is 19.0 Å². The Labute approximate surface area is 234 Å². The zero-order valence-corrected chi connectivity index (χ0v) is 22.3. The third kappa shape index (κ3) is 5.87. The lowest BCUT2D eigenvalue weighted by atomic mass is 10.1. The Bertz CT molecular complexity index is 1580. The van der Waals surface area contributed by atoms with Gasteiger partial charge in [-0.1, -0.05) is 24.3 Å². The first-order chi connectivity index (χ1) is 19.8. The molecule has 2 aliphatic heterocycles. The minimum absolute atomic E-state index is 0.287. The van der Waals surface area contributed by atoms with Crippen LogP contribution in [-0.2, 0) is 6.54 Å². The number of H-pyrrole nitrogens is 1. The summed E-state index contributed by atoms with van der Waals surface area (Å²) in [4.78, 5) is 12.2. The molecule has 214 valence electrons. The SMILES string of the molecule is COc1ccc(Cn2nc(N3CC=CC=C3N3CCC(O)CC3)cc2-c2nc3cc(OC(F)(F)F)ccc3[nH]2)cc1. The van der Waals surface area contributed by atoms with Gasteiger partial charge in [0.25, 0.3) is 0 Å². The van der Waals surface area contributed by atoms with Gasteiger partial charge < -0.3 is 29.4 Å². The van der Waals surface area contributed by atoms with Crippen molar-refractivity contribution in [3.8, 4) is 23.0 Å². The van der Waals surface area contributed by atoms with E-state index < -0.39 is 6.36 Å². The van der Waals surface area contributed by atoms with Crippen molar-refractivity contribution in [1.29, 1.82) is 0 Å². The summed E-state index contributed by atoms with van der Waals surface area (Å²) in [6, 6.07) is 13.6. The zero-order chi connectivity index (χ0) is 28.6. The largest absolute Gasteiger partial charge is 0.573 e. The number of aliphatic hydroxyl groups excluding tert-OH is 1. The molecular weight excluding hydrogens is 537 g/mol. The van der Waals surface area contributed by atoms with Crippen LogP contribution in [0.15, 0.2) is 72.6 Å². The van der Waals surface area contributed by atoms with Crippen LogP contribution in [0.5, 0.6) is 11.5 Å². The number of hydrogen-bond acceptors (Lipinski definition) is 7. The number of ether oxygens (including phenoxy) is 2. The van der Waals surface area contributed by atoms with Crippen LogP contribution in [0.25, 0.3) is 22.6 Å². The van der Waals surface area contributed by atoms with E-state index in [1.54, 1.807) is 7.11 Å². The molecule has 1 fully saturated rings. The highest BCUT2D eigenvalue weighted by Crippen LogP contribution is 2.32. The summed E-state index contributed by atoms with van der Waals surface area (Å²) in [7, 11) is 1.61. The first-order valence-electron chi connectivity index (χ1n) is 13.3. The summed E-state index contributed by atoms with van der Waals surface area (Å²) < 4.78 is 49.6. The Morgan fingerprint density at radius 2 is 1.80 bits per heavy atom. The normalized spacial score (nSPS) is 16.4. The number of hydrogen-bond donors (Lipinski definition) is 2. The van der Waals surface area contributed by atoms with Crippen molar-refractivity contribution in [2.45, 2.75) is 31.9 Å². The van der Waals surface area contributed by atoms with Crippen molar-refractivity contribution in [3.05, 3.63) is 78.1 Å². The maximum Gasteiger partial charge on any atom is 0.573 e. The highest BCUT2D eigenvalue weighted by atomic mass is 19.4. The van der Waals surface area contributed by atoms with Gasteiger partial charge in [-0.15, -0.1) is 13.2 Å². The van der Waals surface area contributed by atoms with Gasteiger partial charge in [-0.3, -0.25) is 4.68 Å². The number of imidazole rings is 1. The van der Waals surface area contributed by atoms with E-state index in [2.05, 4.69) is 24.5 Å². The number of benzene rings is 2. The Balaban J connectivity index is 1.38. The Morgan fingerprint density at radius 1 is 1.05 bits per heavy atom. The summed E-state index contributed by atoms with van der Waals surface area (Å²) in [6.07, 6.45) is 2.44. The molecule has 0 saturated carbocycles. The highest BCUT2D eigenvalue weighted by molar-refractivity contribution is 5.80. The van der Waals surface area contributed by atoms with E-state index in [9.17, 15) is 18.3 Å². The van der Waals surface area contributed by atoms with Crippen LogP contribution in [-0.4, -0.2) is 69.0 Å². The number of piperidine rings is 1. The van der Waals surface area contributed by atoms with E-state index in [0.717, 1.165) is 30.2 Å². The molecule has 0 spiro atoms. The van der Waals surface area contributed by atoms with Crippen molar-refractivity contribution in [2.24, 2.45) is 0 Å². The molecule has 9 nitrogen and oxygen atoms in total. The second kappa shape index (κ2) is 10.8. The fraction of sp³-hybridized carbons (Fsp3) is 0.310. The molecule has 6 rings (SSSR count). The Morgan fingerprint density at radius 3 is 2.54 bits per heavy atom. The molecule has 4 heterocycles. The molecule has 2 aromatic carbocycles. The number of likely N-dealkylation sites (tertiary alicyclic amines) is 1. The maximum absolute atomic E-state index is 12.8. The molecule has 0 unspecified atom stereocenters. The number of fused-ring (bicyclic) bond motifs is 1. The van der Waals surface area contributed by atoms with Crippen molar-refractivity contribution in [3.63, 3.8) is 0 Å². The minimum atomic E-state index is -4.79. The number of aromatic nitrogens is 4. The molecule has 0 atom stereocenters. The van der Waals surface area contributed by atoms with Crippen LogP contribution in [0.1, 0.15) is 18.4 Å². The number of methoxy groups -OCH3 is 1. The molecule has 12 heteroatoms. The third-order valence-electron chi connectivity index (χ3n) is 7.20. The number of aromatic amines is 1. The lowest BCUT2D eigenvalue weighted by Crippen LogP contribution is -2.42. The van der Waals surface area contributed by atoms with Gasteiger partial charge in [0.1, 0.15) is 23.0 Å². The van der Waals surface area contributed by atoms with Gasteiger partial charge in [0, 0.05) is 31.8 Å². The van der Waals surface area contributed by atoms with Gasteiger partial charge in [-0.05, 0) is 48.7 Å². The summed E-state index contributed by atoms with van der Waals surface area (Å²) in [6.45, 7) is 2.52. The first-order valence-corrected chi connectivity index (χ1v) is 13.3. The van der Waals surface area contributed by atoms with Crippen molar-refractivity contribution in [2.75, 3.05) is 31.6 Å². The van der Waals surface area contributed by atoms with E-state index in [1.165, 1.54) is 18.2 Å². The average Bonchev–Trinajstić information content (AvgIpc) is 3.57. The van der Waals surface area contributed by atoms with Crippen molar-refractivity contribution >= 4 is 16.9 Å². The van der Waals surface area contributed by atoms with E-state index in [-0.39, 0.29) is 11.9 Å². The van der Waals surface area contributed by atoms with Crippen LogP contribution in [0.2, 0.25) is 0 Å². The summed E-state index contributed by atoms with van der Waals surface area (Å²) in [5.41, 5.74) is 2.57. The lowest BCUT2D eigenvalue weighted by Gasteiger charge is -2.38. The number of allylic oxidation sites excluding steroid dienone is 2. The predicted molar refractivity (Wildman–Crippen MR) is 147 cm³/mol. The molecule has 0 amide bonds. The fourth-order valence-corrected chi connectivity index (χ4v) is 5.14. The van der Waals surface area contributed by atoms with Crippen LogP contribution in [0, 0.1) is 0 Å². The van der Waals surface area contributed by atoms with Gasteiger partial charge in [-0.2, -0.15) is 5.10 Å². The van der Waals surface area contributed by atoms with Gasteiger partial charge >= 0.3 is 6.36 Å². The van der Waals surface area contributed by atoms with E-state index in [4.69, 9.17) is 9.84 Å². The molecule has 41 heavy (non-hydrogen) atoms. The molecule has 2 aliphatic rings. The van der Waals surface area contributed by atoms with Crippen molar-refractivity contribution < 1.29 is 27.8 Å². The van der Waals surface area contributed by atoms with E-state index in [0.29, 0.717) is 54.3 Å². The molecule has 2 N–H and O–H groups in total. The number of rotatable bonds is 7. The zero-order valence-electron chi connectivity index (χ0n) is 22.3. The Hall–Kier alpha value is -4.45. The van der Waals surface area contributed by atoms with Gasteiger partial charge in [-0.25, -0.2) is 4.98 Å². The summed E-state index contributed by atoms with van der Waals surface area (Å²) >= 11 is 0. The highest BCUT2D eigenvalue weighted by Gasteiger charge is 2.31. The molecule has 0 bridgehead atoms. The van der Waals surface area contributed by atoms with E-state index in [1.807, 2.05) is 53.2 Å². The smallest absolute Gasteiger partial charge is 0.497 e. The second-order valence-electron chi connectivity index (χ2n) is 9.99. The number of alkyl halides is 3. The summed E-state index contributed by atoms with van der Waals surface area (Å²) in [5.74, 6) is 2.58. The van der Waals surface area contributed by atoms with Gasteiger partial charge in [0.2, 0.25) is 0 Å². The second-order valence-corrected chi connectivity index (χ2v) is 9.99. The molecular formula is C29H29F3N6O3.